The lowest BCUT2D eigenvalue weighted by Crippen LogP contribution is -2.47. The Labute approximate surface area is 437 Å². The van der Waals surface area contributed by atoms with Crippen LogP contribution in [0.15, 0.2) is 58.4 Å². The number of nitrogens with one attached hydrogen (secondary N) is 1. The fourth-order valence-corrected chi connectivity index (χ4v) is 10.5. The molecule has 410 valence electrons. The van der Waals surface area contributed by atoms with Crippen molar-refractivity contribution in [1.29, 1.82) is 0 Å². The Hall–Kier alpha value is -6.65. The number of halogens is 3. The third kappa shape index (κ3) is 11.5. The molecule has 9 rings (SSSR count). The number of aromatic nitrogens is 2. The molecule has 5 N–H and O–H groups in total. The summed E-state index contributed by atoms with van der Waals surface area (Å²) in [5.74, 6) is -6.80. The predicted molar refractivity (Wildman–Crippen MR) is 272 cm³/mol. The van der Waals surface area contributed by atoms with E-state index in [2.05, 4.69) is 39.0 Å². The van der Waals surface area contributed by atoms with Crippen LogP contribution in [0, 0.1) is 24.7 Å². The van der Waals surface area contributed by atoms with Crippen LogP contribution in [0.5, 0.6) is 17.2 Å². The molecule has 6 atom stereocenters. The topological polar surface area (TPSA) is 249 Å². The SMILES string of the molecule is C/C1=C/C=C/C(C)[C@H](O)[C@@H](C)C(O)C[C@H](OC(=O)CC(=O)N2CCCN(c3nccc(C(F)(F)F)n3)CC2)CC/C=C/O[C@@]2(C)Oc3c(C)c(O)c4c(O)c(c5c(c4c3C2=O)NC2(CCN(CC(C)C)CC2)N=5)=NC1=O. The Morgan fingerprint density at radius 3 is 2.45 bits per heavy atom. The number of alkyl halides is 3. The molecule has 1 aromatic heterocycles. The zero-order valence-electron chi connectivity index (χ0n) is 43.8. The largest absolute Gasteiger partial charge is 0.507 e. The minimum Gasteiger partial charge on any atom is -0.507 e. The summed E-state index contributed by atoms with van der Waals surface area (Å²) in [6.07, 6.45) is 1.46. The Morgan fingerprint density at radius 1 is 1.00 bits per heavy atom. The third-order valence-electron chi connectivity index (χ3n) is 15.0. The number of allylic oxidation sites excluding steroid dienone is 3. The van der Waals surface area contributed by atoms with Gasteiger partial charge in [-0.3, -0.25) is 24.2 Å². The second kappa shape index (κ2) is 22.1. The summed E-state index contributed by atoms with van der Waals surface area (Å²) in [5, 5.41) is 50.5. The molecule has 2 amide bonds. The molecule has 19 nitrogen and oxygen atoms in total. The van der Waals surface area contributed by atoms with Crippen LogP contribution in [-0.4, -0.2) is 139 Å². The fourth-order valence-electron chi connectivity index (χ4n) is 10.5. The maximum Gasteiger partial charge on any atom is 0.433 e. The lowest BCUT2D eigenvalue weighted by Gasteiger charge is -2.38. The molecule has 2 unspecified atom stereocenters. The van der Waals surface area contributed by atoms with Gasteiger partial charge < -0.3 is 54.7 Å². The zero-order valence-corrected chi connectivity index (χ0v) is 43.8. The van der Waals surface area contributed by atoms with Crippen molar-refractivity contribution in [2.45, 2.75) is 129 Å². The second-order valence-electron chi connectivity index (χ2n) is 21.2. The van der Waals surface area contributed by atoms with Gasteiger partial charge in [-0.25, -0.2) is 15.0 Å². The molecule has 2 fully saturated rings. The van der Waals surface area contributed by atoms with E-state index in [0.29, 0.717) is 44.0 Å². The number of esters is 1. The van der Waals surface area contributed by atoms with Crippen molar-refractivity contribution < 1.29 is 67.0 Å². The van der Waals surface area contributed by atoms with Gasteiger partial charge in [-0.2, -0.15) is 13.2 Å². The molecular formula is C54H67F3N8O11. The lowest BCUT2D eigenvalue weighted by molar-refractivity contribution is -0.155. The molecule has 0 saturated carbocycles. The number of amides is 2. The number of piperidine rings is 1. The Kier molecular flexibility index (Phi) is 16.2. The number of Topliss-reactive ketones (excluding diaryl/α,β-unsaturated/α-hetero) is 1. The summed E-state index contributed by atoms with van der Waals surface area (Å²) < 4.78 is 58.3. The van der Waals surface area contributed by atoms with E-state index in [9.17, 15) is 52.8 Å². The number of fused-ring (bicyclic) bond motifs is 13. The first kappa shape index (κ1) is 55.6. The number of nitrogens with zero attached hydrogens (tertiary/aromatic N) is 7. The number of phenols is 2. The number of carbonyl (C=O) groups is 4. The number of hydrogen-bond acceptors (Lipinski definition) is 17. The molecule has 22 heteroatoms. The molecule has 7 heterocycles. The smallest absolute Gasteiger partial charge is 0.433 e. The molecule has 2 saturated heterocycles. The molecule has 0 radical (unpaired) electrons. The Balaban J connectivity index is 1.07. The number of phenolic OH excluding ortho intramolecular Hbond substituents is 2. The normalized spacial score (nSPS) is 27.2. The van der Waals surface area contributed by atoms with Gasteiger partial charge in [0.1, 0.15) is 46.1 Å². The number of aliphatic hydroxyl groups excluding tert-OH is 2. The maximum absolute atomic E-state index is 14.8. The van der Waals surface area contributed by atoms with Crippen LogP contribution in [0.4, 0.5) is 24.8 Å². The first-order chi connectivity index (χ1) is 35.9. The standard InChI is InChI=1S/C54H67F3N8O11/c1-29(2)28-63-21-16-53(17-22-63)61-42-39-40-46(70)33(6)48-41(39)49(72)52(7,76-48)74-25-9-8-14-34(26-35(66)32(5)45(69)30(3)12-10-13-31(4)50(73)60-44(47(40)71)43(42)62-53)75-38(68)27-37(67)64-19-11-20-65(24-23-64)51-58-18-15-36(59-51)54(55,56)57/h9-10,12-13,15,18,25,29-30,32,34-35,45,61,66,69-71H,8,11,14,16-17,19-24,26-28H2,1-7H3/b12-10+,25-9+,31-13-,60-44?/t30?,32-,34+,35?,45-,52-/m0/s1. The maximum atomic E-state index is 14.8. The molecule has 5 bridgehead atoms. The molecular weight excluding hydrogens is 994 g/mol. The first-order valence-corrected chi connectivity index (χ1v) is 25.9. The van der Waals surface area contributed by atoms with Crippen LogP contribution in [0.1, 0.15) is 108 Å². The average Bonchev–Trinajstić information content (AvgIpc) is 3.78. The molecule has 0 aliphatic carbocycles. The van der Waals surface area contributed by atoms with E-state index in [-0.39, 0.29) is 95.3 Å². The molecule has 6 aliphatic heterocycles. The summed E-state index contributed by atoms with van der Waals surface area (Å²) in [7, 11) is 0. The number of aliphatic hydroxyl groups is 2. The quantitative estimate of drug-likeness (QED) is 0.115. The highest BCUT2D eigenvalue weighted by Crippen LogP contribution is 2.51. The van der Waals surface area contributed by atoms with Crippen LogP contribution in [0.2, 0.25) is 0 Å². The number of aromatic hydroxyl groups is 2. The zero-order chi connectivity index (χ0) is 55.0. The first-order valence-electron chi connectivity index (χ1n) is 25.9. The molecule has 2 aromatic carbocycles. The number of carbonyl (C=O) groups excluding carboxylic acids is 4. The van der Waals surface area contributed by atoms with Crippen molar-refractivity contribution in [2.75, 3.05) is 56.0 Å². The van der Waals surface area contributed by atoms with Gasteiger partial charge in [0, 0.05) is 107 Å². The number of ketones is 1. The Morgan fingerprint density at radius 2 is 1.74 bits per heavy atom. The van der Waals surface area contributed by atoms with Crippen molar-refractivity contribution in [3.8, 4) is 17.2 Å². The number of rotatable bonds is 6. The minimum absolute atomic E-state index is 0.0152. The van der Waals surface area contributed by atoms with Gasteiger partial charge in [0.15, 0.2) is 5.75 Å². The van der Waals surface area contributed by atoms with E-state index < -0.39 is 95.0 Å². The van der Waals surface area contributed by atoms with Gasteiger partial charge in [-0.15, -0.1) is 0 Å². The van der Waals surface area contributed by atoms with Crippen LogP contribution in [-0.2, 0) is 30.0 Å². The van der Waals surface area contributed by atoms with Gasteiger partial charge in [-0.05, 0) is 51.2 Å². The summed E-state index contributed by atoms with van der Waals surface area (Å²) in [6.45, 7) is 15.1. The molecule has 3 aromatic rings. The van der Waals surface area contributed by atoms with E-state index >= 15 is 0 Å². The lowest BCUT2D eigenvalue weighted by atomic mass is 9.86. The highest BCUT2D eigenvalue weighted by Gasteiger charge is 2.50. The minimum atomic E-state index is -4.66. The van der Waals surface area contributed by atoms with Crippen molar-refractivity contribution in [1.82, 2.24) is 19.8 Å². The van der Waals surface area contributed by atoms with Crippen LogP contribution in [0.3, 0.4) is 0 Å². The van der Waals surface area contributed by atoms with Crippen molar-refractivity contribution in [2.24, 2.45) is 27.7 Å². The predicted octanol–water partition coefficient (Wildman–Crippen LogP) is 5.55. The number of likely N-dealkylation sites (tertiary alicyclic amines) is 1. The van der Waals surface area contributed by atoms with E-state index in [0.717, 1.165) is 18.8 Å². The van der Waals surface area contributed by atoms with Gasteiger partial charge in [0.25, 0.3) is 11.7 Å². The van der Waals surface area contributed by atoms with Crippen LogP contribution < -0.4 is 25.7 Å². The Bertz CT molecular complexity index is 2990. The van der Waals surface area contributed by atoms with Gasteiger partial charge in [0.2, 0.25) is 11.9 Å². The van der Waals surface area contributed by atoms with Gasteiger partial charge in [-0.1, -0.05) is 45.9 Å². The van der Waals surface area contributed by atoms with Crippen LogP contribution in [0.25, 0.3) is 10.8 Å². The summed E-state index contributed by atoms with van der Waals surface area (Å²) in [4.78, 5) is 78.2. The molecule has 76 heavy (non-hydrogen) atoms. The number of ether oxygens (including phenoxy) is 3. The van der Waals surface area contributed by atoms with E-state index in [1.54, 1.807) is 37.0 Å². The van der Waals surface area contributed by atoms with Crippen molar-refractivity contribution in [3.05, 3.63) is 75.9 Å². The average molecular weight is 1060 g/mol. The summed E-state index contributed by atoms with van der Waals surface area (Å²) >= 11 is 0. The third-order valence-corrected chi connectivity index (χ3v) is 15.0. The van der Waals surface area contributed by atoms with Crippen molar-refractivity contribution >= 4 is 46.0 Å². The highest BCUT2D eigenvalue weighted by molar-refractivity contribution is 6.21. The van der Waals surface area contributed by atoms with E-state index in [4.69, 9.17) is 19.2 Å². The second-order valence-corrected chi connectivity index (χ2v) is 21.2. The summed E-state index contributed by atoms with van der Waals surface area (Å²) in [6, 6.07) is 0.776. The van der Waals surface area contributed by atoms with Gasteiger partial charge in [0.05, 0.1) is 35.1 Å². The molecule has 6 aliphatic rings. The van der Waals surface area contributed by atoms with E-state index in [1.165, 1.54) is 38.0 Å². The number of hydrogen-bond donors (Lipinski definition) is 5. The van der Waals surface area contributed by atoms with E-state index in [1.807, 2.05) is 0 Å². The number of benzene rings is 2. The van der Waals surface area contributed by atoms with Crippen LogP contribution >= 0.6 is 0 Å². The van der Waals surface area contributed by atoms with Gasteiger partial charge >= 0.3 is 17.9 Å². The number of anilines is 2. The van der Waals surface area contributed by atoms with Crippen molar-refractivity contribution in [3.63, 3.8) is 0 Å². The monoisotopic (exact) mass is 1060 g/mol. The summed E-state index contributed by atoms with van der Waals surface area (Å²) in [5.41, 5.74) is -1.40. The highest BCUT2D eigenvalue weighted by atomic mass is 19.4. The molecule has 1 spiro atoms. The fraction of sp³-hybridized carbons (Fsp3) is 0.556.